The largest absolute Gasteiger partial charge is 0.381 e. The number of amides is 1. The molecule has 2 saturated heterocycles. The van der Waals surface area contributed by atoms with E-state index in [1.807, 2.05) is 0 Å². The molecule has 2 heterocycles. The SMILES string of the molecule is Cl.NC(C(=O)N1CC2CCCCC2C1)C1CCOCC1. The maximum Gasteiger partial charge on any atom is 0.239 e. The molecule has 0 bridgehead atoms. The first-order valence-corrected chi connectivity index (χ1v) is 7.88. The molecule has 3 unspecified atom stereocenters. The van der Waals surface area contributed by atoms with Crippen molar-refractivity contribution >= 4 is 18.3 Å². The molecule has 1 aliphatic carbocycles. The number of ether oxygens (including phenoxy) is 1. The minimum Gasteiger partial charge on any atom is -0.381 e. The Labute approximate surface area is 127 Å². The Hall–Kier alpha value is -0.320. The highest BCUT2D eigenvalue weighted by molar-refractivity contribution is 5.85. The highest BCUT2D eigenvalue weighted by Gasteiger charge is 2.39. The van der Waals surface area contributed by atoms with Crippen LogP contribution in [0.2, 0.25) is 0 Å². The van der Waals surface area contributed by atoms with Gasteiger partial charge < -0.3 is 15.4 Å². The molecule has 20 heavy (non-hydrogen) atoms. The van der Waals surface area contributed by atoms with Crippen molar-refractivity contribution in [3.8, 4) is 0 Å². The van der Waals surface area contributed by atoms with E-state index in [-0.39, 0.29) is 24.4 Å². The standard InChI is InChI=1S/C15H26N2O2.ClH/c16-14(11-5-7-19-8-6-11)15(18)17-9-12-3-1-2-4-13(12)10-17;/h11-14H,1-10,16H2;1H. The molecule has 2 aliphatic heterocycles. The lowest BCUT2D eigenvalue weighted by atomic mass is 9.82. The first-order chi connectivity index (χ1) is 9.25. The highest BCUT2D eigenvalue weighted by Crippen LogP contribution is 2.36. The van der Waals surface area contributed by atoms with Gasteiger partial charge in [0.05, 0.1) is 6.04 Å². The summed E-state index contributed by atoms with van der Waals surface area (Å²) in [6, 6.07) is -0.302. The van der Waals surface area contributed by atoms with Gasteiger partial charge in [-0.2, -0.15) is 0 Å². The van der Waals surface area contributed by atoms with Gasteiger partial charge in [0.25, 0.3) is 0 Å². The van der Waals surface area contributed by atoms with Crippen LogP contribution in [0.5, 0.6) is 0 Å². The summed E-state index contributed by atoms with van der Waals surface area (Å²) in [5.74, 6) is 2.02. The van der Waals surface area contributed by atoms with Gasteiger partial charge in [-0.05, 0) is 43.4 Å². The predicted molar refractivity (Wildman–Crippen MR) is 80.8 cm³/mol. The van der Waals surface area contributed by atoms with Crippen molar-refractivity contribution in [3.05, 3.63) is 0 Å². The number of hydrogen-bond donors (Lipinski definition) is 1. The van der Waals surface area contributed by atoms with E-state index in [0.717, 1.165) is 51.0 Å². The number of nitrogens with zero attached hydrogens (tertiary/aromatic N) is 1. The van der Waals surface area contributed by atoms with E-state index in [1.165, 1.54) is 25.7 Å². The van der Waals surface area contributed by atoms with Crippen molar-refractivity contribution in [2.75, 3.05) is 26.3 Å². The lowest BCUT2D eigenvalue weighted by Crippen LogP contribution is -2.48. The molecule has 0 aromatic rings. The van der Waals surface area contributed by atoms with Gasteiger partial charge in [0.2, 0.25) is 5.91 Å². The van der Waals surface area contributed by atoms with E-state index >= 15 is 0 Å². The normalized spacial score (nSPS) is 32.4. The van der Waals surface area contributed by atoms with E-state index in [0.29, 0.717) is 5.92 Å². The lowest BCUT2D eigenvalue weighted by molar-refractivity contribution is -0.133. The minimum atomic E-state index is -0.302. The van der Waals surface area contributed by atoms with Crippen molar-refractivity contribution in [3.63, 3.8) is 0 Å². The van der Waals surface area contributed by atoms with Crippen molar-refractivity contribution in [1.82, 2.24) is 4.90 Å². The second kappa shape index (κ2) is 7.10. The van der Waals surface area contributed by atoms with Crippen molar-refractivity contribution in [1.29, 1.82) is 0 Å². The third kappa shape index (κ3) is 3.29. The van der Waals surface area contributed by atoms with Gasteiger partial charge in [0.1, 0.15) is 0 Å². The second-order valence-electron chi connectivity index (χ2n) is 6.52. The summed E-state index contributed by atoms with van der Waals surface area (Å²) in [4.78, 5) is 14.6. The average molecular weight is 303 g/mol. The van der Waals surface area contributed by atoms with Crippen molar-refractivity contribution in [2.24, 2.45) is 23.5 Å². The molecular formula is C15H27ClN2O2. The number of nitrogens with two attached hydrogens (primary N) is 1. The number of fused-ring (bicyclic) bond motifs is 1. The van der Waals surface area contributed by atoms with Crippen LogP contribution in [-0.4, -0.2) is 43.2 Å². The van der Waals surface area contributed by atoms with Crippen LogP contribution in [0.4, 0.5) is 0 Å². The van der Waals surface area contributed by atoms with Crippen LogP contribution in [0.3, 0.4) is 0 Å². The van der Waals surface area contributed by atoms with Crippen LogP contribution in [-0.2, 0) is 9.53 Å². The van der Waals surface area contributed by atoms with Crippen LogP contribution in [0.1, 0.15) is 38.5 Å². The molecule has 2 N–H and O–H groups in total. The predicted octanol–water partition coefficient (Wildman–Crippen LogP) is 1.81. The molecule has 1 amide bonds. The van der Waals surface area contributed by atoms with E-state index in [1.54, 1.807) is 0 Å². The minimum absolute atomic E-state index is 0. The number of hydrogen-bond acceptors (Lipinski definition) is 3. The Morgan fingerprint density at radius 3 is 2.15 bits per heavy atom. The molecule has 0 spiro atoms. The van der Waals surface area contributed by atoms with Crippen LogP contribution in [0, 0.1) is 17.8 Å². The van der Waals surface area contributed by atoms with E-state index in [9.17, 15) is 4.79 Å². The number of carbonyl (C=O) groups is 1. The first kappa shape index (κ1) is 16.1. The van der Waals surface area contributed by atoms with Gasteiger partial charge in [-0.1, -0.05) is 12.8 Å². The zero-order valence-electron chi connectivity index (χ0n) is 12.1. The topological polar surface area (TPSA) is 55.6 Å². The summed E-state index contributed by atoms with van der Waals surface area (Å²) in [6.07, 6.45) is 7.17. The Morgan fingerprint density at radius 1 is 1.05 bits per heavy atom. The molecule has 3 atom stereocenters. The molecule has 116 valence electrons. The Morgan fingerprint density at radius 2 is 1.60 bits per heavy atom. The number of rotatable bonds is 2. The zero-order valence-corrected chi connectivity index (χ0v) is 12.9. The first-order valence-electron chi connectivity index (χ1n) is 7.88. The van der Waals surface area contributed by atoms with E-state index in [2.05, 4.69) is 4.90 Å². The molecule has 3 rings (SSSR count). The Balaban J connectivity index is 0.00000147. The molecule has 3 fully saturated rings. The molecule has 4 nitrogen and oxygen atoms in total. The monoisotopic (exact) mass is 302 g/mol. The summed E-state index contributed by atoms with van der Waals surface area (Å²) >= 11 is 0. The van der Waals surface area contributed by atoms with Gasteiger partial charge in [0.15, 0.2) is 0 Å². The lowest BCUT2D eigenvalue weighted by Gasteiger charge is -2.29. The van der Waals surface area contributed by atoms with Crippen LogP contribution >= 0.6 is 12.4 Å². The Bertz CT molecular complexity index is 320. The summed E-state index contributed by atoms with van der Waals surface area (Å²) in [5, 5.41) is 0. The second-order valence-corrected chi connectivity index (χ2v) is 6.52. The van der Waals surface area contributed by atoms with Gasteiger partial charge in [-0.25, -0.2) is 0 Å². The number of halogens is 1. The summed E-state index contributed by atoms with van der Waals surface area (Å²) in [7, 11) is 0. The third-order valence-electron chi connectivity index (χ3n) is 5.35. The third-order valence-corrected chi connectivity index (χ3v) is 5.35. The fraction of sp³-hybridized carbons (Fsp3) is 0.933. The van der Waals surface area contributed by atoms with E-state index in [4.69, 9.17) is 10.5 Å². The molecule has 5 heteroatoms. The quantitative estimate of drug-likeness (QED) is 0.846. The summed E-state index contributed by atoms with van der Waals surface area (Å²) in [6.45, 7) is 3.44. The maximum absolute atomic E-state index is 12.5. The molecular weight excluding hydrogens is 276 g/mol. The fourth-order valence-electron chi connectivity index (χ4n) is 4.07. The molecule has 0 aromatic carbocycles. The molecule has 0 radical (unpaired) electrons. The highest BCUT2D eigenvalue weighted by atomic mass is 35.5. The van der Waals surface area contributed by atoms with Gasteiger partial charge in [-0.15, -0.1) is 12.4 Å². The average Bonchev–Trinajstić information content (AvgIpc) is 2.90. The fourth-order valence-corrected chi connectivity index (χ4v) is 4.07. The number of likely N-dealkylation sites (tertiary alicyclic amines) is 1. The van der Waals surface area contributed by atoms with Crippen LogP contribution in [0.25, 0.3) is 0 Å². The van der Waals surface area contributed by atoms with Crippen molar-refractivity contribution < 1.29 is 9.53 Å². The Kier molecular flexibility index (Phi) is 5.70. The zero-order chi connectivity index (χ0) is 13.2. The molecule has 0 aromatic heterocycles. The molecule has 1 saturated carbocycles. The van der Waals surface area contributed by atoms with Gasteiger partial charge >= 0.3 is 0 Å². The summed E-state index contributed by atoms with van der Waals surface area (Å²) < 4.78 is 5.35. The van der Waals surface area contributed by atoms with E-state index < -0.39 is 0 Å². The van der Waals surface area contributed by atoms with Crippen LogP contribution < -0.4 is 5.73 Å². The van der Waals surface area contributed by atoms with Gasteiger partial charge in [-0.3, -0.25) is 4.79 Å². The molecule has 3 aliphatic rings. The van der Waals surface area contributed by atoms with Gasteiger partial charge in [0, 0.05) is 26.3 Å². The smallest absolute Gasteiger partial charge is 0.239 e. The summed E-state index contributed by atoms with van der Waals surface area (Å²) in [5.41, 5.74) is 6.21. The van der Waals surface area contributed by atoms with Crippen LogP contribution in [0.15, 0.2) is 0 Å². The maximum atomic E-state index is 12.5. The number of carbonyl (C=O) groups excluding carboxylic acids is 1. The van der Waals surface area contributed by atoms with Crippen molar-refractivity contribution in [2.45, 2.75) is 44.6 Å².